The van der Waals surface area contributed by atoms with Gasteiger partial charge in [-0.15, -0.1) is 0 Å². The molecule has 0 spiro atoms. The van der Waals surface area contributed by atoms with E-state index in [1.54, 1.807) is 0 Å². The molecule has 81 heavy (non-hydrogen) atoms. The van der Waals surface area contributed by atoms with Gasteiger partial charge in [-0.1, -0.05) is 312 Å². The summed E-state index contributed by atoms with van der Waals surface area (Å²) in [6, 6.07) is 0. The summed E-state index contributed by atoms with van der Waals surface area (Å²) >= 11 is 0. The first kappa shape index (κ1) is 78.0. The normalized spacial score (nSPS) is 13.0. The molecule has 1 N–H and O–H groups in total. The molecule has 0 aromatic heterocycles. The lowest BCUT2D eigenvalue weighted by Crippen LogP contribution is -2.40. The molecule has 9 heteroatoms. The minimum Gasteiger partial charge on any atom is -0.477 e. The molecule has 9 nitrogen and oxygen atoms in total. The molecule has 0 fully saturated rings. The average Bonchev–Trinajstić information content (AvgIpc) is 3.44. The van der Waals surface area contributed by atoms with Gasteiger partial charge in [0.15, 0.2) is 6.10 Å². The third-order valence-corrected chi connectivity index (χ3v) is 15.3. The molecule has 0 rings (SSSR count). The Hall–Kier alpha value is -3.01. The Morgan fingerprint density at radius 3 is 1.05 bits per heavy atom. The molecular weight excluding hydrogens is 1010 g/mol. The van der Waals surface area contributed by atoms with Crippen molar-refractivity contribution in [3.05, 3.63) is 60.8 Å². The van der Waals surface area contributed by atoms with E-state index < -0.39 is 24.3 Å². The summed E-state index contributed by atoms with van der Waals surface area (Å²) in [6.45, 7) is 4.81. The average molecular weight is 1140 g/mol. The third kappa shape index (κ3) is 64.4. The summed E-state index contributed by atoms with van der Waals surface area (Å²) in [5, 5.41) is 9.74. The molecule has 0 aromatic carbocycles. The van der Waals surface area contributed by atoms with Gasteiger partial charge in [-0.3, -0.25) is 9.59 Å². The maximum Gasteiger partial charge on any atom is 0.361 e. The minimum atomic E-state index is -1.51. The van der Waals surface area contributed by atoms with Crippen LogP contribution in [-0.4, -0.2) is 87.4 Å². The van der Waals surface area contributed by atoms with Crippen LogP contribution in [0, 0.1) is 0 Å². The topological polar surface area (TPSA) is 108 Å². The molecule has 0 heterocycles. The number of likely N-dealkylation sites (N-methyl/N-ethyl adjacent to an activating group) is 1. The largest absolute Gasteiger partial charge is 0.477 e. The van der Waals surface area contributed by atoms with Crippen LogP contribution < -0.4 is 0 Å². The second-order valence-corrected chi connectivity index (χ2v) is 24.5. The third-order valence-electron chi connectivity index (χ3n) is 15.3. The summed E-state index contributed by atoms with van der Waals surface area (Å²) in [5.74, 6) is -2.00. The predicted octanol–water partition coefficient (Wildman–Crippen LogP) is 21.1. The van der Waals surface area contributed by atoms with Gasteiger partial charge in [0.25, 0.3) is 6.29 Å². The van der Waals surface area contributed by atoms with Crippen LogP contribution >= 0.6 is 0 Å². The predicted molar refractivity (Wildman–Crippen MR) is 346 cm³/mol. The van der Waals surface area contributed by atoms with Gasteiger partial charge in [-0.05, 0) is 57.8 Å². The highest BCUT2D eigenvalue weighted by Crippen LogP contribution is 2.18. The molecule has 0 saturated heterocycles. The Labute approximate surface area is 501 Å². The number of carboxylic acids is 1. The van der Waals surface area contributed by atoms with Gasteiger partial charge in [-0.2, -0.15) is 0 Å². The Bertz CT molecular complexity index is 1510. The number of nitrogens with zero attached hydrogens (tertiary/aromatic N) is 1. The lowest BCUT2D eigenvalue weighted by atomic mass is 10.0. The fraction of sp³-hybridized carbons (Fsp3) is 0.819. The van der Waals surface area contributed by atoms with E-state index in [0.717, 1.165) is 77.0 Å². The Morgan fingerprint density at radius 1 is 0.383 bits per heavy atom. The number of unbranched alkanes of at least 4 members (excludes halogenated alkanes) is 39. The lowest BCUT2D eigenvalue weighted by Gasteiger charge is -2.25. The van der Waals surface area contributed by atoms with Crippen LogP contribution in [0.25, 0.3) is 0 Å². The van der Waals surface area contributed by atoms with Crippen LogP contribution in [0.15, 0.2) is 60.8 Å². The summed E-state index contributed by atoms with van der Waals surface area (Å²) in [6.07, 6.45) is 79.1. The Morgan fingerprint density at radius 2 is 0.704 bits per heavy atom. The monoisotopic (exact) mass is 1140 g/mol. The molecule has 0 amide bonds. The van der Waals surface area contributed by atoms with Crippen molar-refractivity contribution in [2.75, 3.05) is 47.5 Å². The summed E-state index contributed by atoms with van der Waals surface area (Å²) < 4.78 is 23.0. The number of aliphatic carboxylic acids is 1. The highest BCUT2D eigenvalue weighted by Gasteiger charge is 2.25. The fourth-order valence-corrected chi connectivity index (χ4v) is 10.0. The highest BCUT2D eigenvalue weighted by molar-refractivity contribution is 5.71. The first-order valence-electron chi connectivity index (χ1n) is 34.5. The van der Waals surface area contributed by atoms with Crippen LogP contribution in [0.1, 0.15) is 322 Å². The van der Waals surface area contributed by atoms with Gasteiger partial charge >= 0.3 is 17.9 Å². The standard InChI is InChI=1S/C72H131NO8/c1-6-8-10-12-14-16-18-20-22-24-26-28-30-32-33-34-35-36-37-39-40-42-44-46-48-50-52-54-56-58-60-62-69(74)79-66-68(67-80-72(71(76)77)78-65-64-73(3,4)5)81-70(75)63-61-59-57-55-53-51-49-47-45-43-41-38-31-29-27-25-23-21-19-17-15-13-11-9-7-2/h9,11,15,17,21,23,27,29,38,41,68,72H,6-8,10,12-14,16,18-20,22,24-26,28,30-37,39-40,42-67H2,1-5H3/p+1/b11-9-,17-15-,23-21-,29-27-,41-38-. The molecule has 2 unspecified atom stereocenters. The second kappa shape index (κ2) is 63.0. The molecule has 2 atom stereocenters. The van der Waals surface area contributed by atoms with Crippen molar-refractivity contribution in [3.8, 4) is 0 Å². The van der Waals surface area contributed by atoms with E-state index >= 15 is 0 Å². The second-order valence-electron chi connectivity index (χ2n) is 24.5. The van der Waals surface area contributed by atoms with Crippen LogP contribution in [0.3, 0.4) is 0 Å². The number of carbonyl (C=O) groups excluding carboxylic acids is 2. The van der Waals surface area contributed by atoms with Crippen molar-refractivity contribution >= 4 is 17.9 Å². The first-order chi connectivity index (χ1) is 39.6. The van der Waals surface area contributed by atoms with Gasteiger partial charge in [0.2, 0.25) is 0 Å². The maximum atomic E-state index is 12.9. The first-order valence-corrected chi connectivity index (χ1v) is 34.5. The van der Waals surface area contributed by atoms with Gasteiger partial charge in [0.05, 0.1) is 34.4 Å². The van der Waals surface area contributed by atoms with Crippen LogP contribution in [0.4, 0.5) is 0 Å². The molecule has 0 aromatic rings. The number of quaternary nitrogens is 1. The number of esters is 2. The van der Waals surface area contributed by atoms with E-state index in [4.69, 9.17) is 18.9 Å². The molecule has 0 saturated carbocycles. The van der Waals surface area contributed by atoms with E-state index in [1.807, 2.05) is 21.1 Å². The van der Waals surface area contributed by atoms with Crippen LogP contribution in [0.5, 0.6) is 0 Å². The molecule has 0 bridgehead atoms. The number of carbonyl (C=O) groups is 3. The zero-order valence-corrected chi connectivity index (χ0v) is 53.9. The van der Waals surface area contributed by atoms with Gasteiger partial charge in [0, 0.05) is 12.8 Å². The van der Waals surface area contributed by atoms with Crippen molar-refractivity contribution < 1.29 is 42.9 Å². The van der Waals surface area contributed by atoms with Gasteiger partial charge < -0.3 is 28.5 Å². The van der Waals surface area contributed by atoms with Crippen molar-refractivity contribution in [3.63, 3.8) is 0 Å². The van der Waals surface area contributed by atoms with Gasteiger partial charge in [-0.25, -0.2) is 4.79 Å². The summed E-state index contributed by atoms with van der Waals surface area (Å²) in [7, 11) is 5.98. The quantitative estimate of drug-likeness (QED) is 0.0211. The maximum absolute atomic E-state index is 12.9. The highest BCUT2D eigenvalue weighted by atomic mass is 16.7. The SMILES string of the molecule is CC/C=C\C/C=C\C/C=C\C/C=C\C/C=C\CCCCCCCCCCCC(=O)OC(COC(=O)CCCCCCCCCCCCCCCCCCCCCCCCCCCCCCCCC)COC(OCC[N+](C)(C)C)C(=O)O. The number of rotatable bonds is 64. The number of carboxylic acid groups (broad SMARTS) is 1. The molecule has 0 aliphatic heterocycles. The van der Waals surface area contributed by atoms with E-state index in [0.29, 0.717) is 23.9 Å². The van der Waals surface area contributed by atoms with Gasteiger partial charge in [0.1, 0.15) is 13.2 Å². The molecule has 0 aliphatic carbocycles. The minimum absolute atomic E-state index is 0.183. The molecular formula is C72H132NO8+. The van der Waals surface area contributed by atoms with Crippen molar-refractivity contribution in [2.24, 2.45) is 0 Å². The van der Waals surface area contributed by atoms with Crippen molar-refractivity contribution in [2.45, 2.75) is 334 Å². The van der Waals surface area contributed by atoms with Crippen LogP contribution in [0.2, 0.25) is 0 Å². The van der Waals surface area contributed by atoms with Crippen LogP contribution in [-0.2, 0) is 33.3 Å². The Kier molecular flexibility index (Phi) is 60.7. The van der Waals surface area contributed by atoms with E-state index in [1.165, 1.54) is 212 Å². The fourth-order valence-electron chi connectivity index (χ4n) is 10.0. The number of hydrogen-bond acceptors (Lipinski definition) is 7. The molecule has 472 valence electrons. The Balaban J connectivity index is 4.09. The number of allylic oxidation sites excluding steroid dienone is 10. The van der Waals surface area contributed by atoms with E-state index in [2.05, 4.69) is 74.6 Å². The molecule has 0 aliphatic rings. The van der Waals surface area contributed by atoms with Crippen molar-refractivity contribution in [1.29, 1.82) is 0 Å². The molecule has 0 radical (unpaired) electrons. The lowest BCUT2D eigenvalue weighted by molar-refractivity contribution is -0.870. The zero-order chi connectivity index (χ0) is 59.1. The van der Waals surface area contributed by atoms with Crippen molar-refractivity contribution in [1.82, 2.24) is 0 Å². The van der Waals surface area contributed by atoms with E-state index in [9.17, 15) is 19.5 Å². The number of hydrogen-bond donors (Lipinski definition) is 1. The summed E-state index contributed by atoms with van der Waals surface area (Å²) in [4.78, 5) is 37.6. The summed E-state index contributed by atoms with van der Waals surface area (Å²) in [5.41, 5.74) is 0. The smallest absolute Gasteiger partial charge is 0.361 e. The number of ether oxygens (including phenoxy) is 4. The zero-order valence-electron chi connectivity index (χ0n) is 53.9. The van der Waals surface area contributed by atoms with E-state index in [-0.39, 0.29) is 32.2 Å².